The van der Waals surface area contributed by atoms with Gasteiger partial charge in [-0.1, -0.05) is 0 Å². The number of carbonyl (C=O) groups is 1. The van der Waals surface area contributed by atoms with Gasteiger partial charge in [-0.05, 0) is 53.0 Å². The topological polar surface area (TPSA) is 70.0 Å². The summed E-state index contributed by atoms with van der Waals surface area (Å²) in [5, 5.41) is 18.9. The van der Waals surface area contributed by atoms with E-state index < -0.39 is 5.97 Å². The molecule has 1 atom stereocenters. The minimum Gasteiger partial charge on any atom is -0.503 e. The van der Waals surface area contributed by atoms with Gasteiger partial charge in [-0.3, -0.25) is 9.69 Å². The zero-order chi connectivity index (χ0) is 14.7. The highest BCUT2D eigenvalue weighted by Gasteiger charge is 2.25. The van der Waals surface area contributed by atoms with Gasteiger partial charge in [0.15, 0.2) is 11.5 Å². The summed E-state index contributed by atoms with van der Waals surface area (Å²) in [5.74, 6) is -0.509. The third-order valence-electron chi connectivity index (χ3n) is 3.57. The fourth-order valence-corrected chi connectivity index (χ4v) is 3.02. The van der Waals surface area contributed by atoms with E-state index in [1.165, 1.54) is 7.11 Å². The number of benzene rings is 1. The number of carboxylic acid groups (broad SMARTS) is 1. The van der Waals surface area contributed by atoms with E-state index in [4.69, 9.17) is 9.84 Å². The second kappa shape index (κ2) is 6.45. The number of aromatic hydroxyl groups is 1. The van der Waals surface area contributed by atoms with Crippen LogP contribution in [0.5, 0.6) is 11.5 Å². The van der Waals surface area contributed by atoms with Crippen molar-refractivity contribution in [3.8, 4) is 11.5 Å². The Kier molecular flexibility index (Phi) is 4.88. The van der Waals surface area contributed by atoms with Crippen molar-refractivity contribution in [3.05, 3.63) is 22.2 Å². The molecular weight excluding hydrogens is 326 g/mol. The highest BCUT2D eigenvalue weighted by Crippen LogP contribution is 2.35. The van der Waals surface area contributed by atoms with Crippen molar-refractivity contribution in [2.45, 2.75) is 19.4 Å². The standard InChI is InChI=1S/C14H18BrNO4/c1-20-12-6-9(5-11(15)13(12)17)7-16-4-2-3-10(8-16)14(18)19/h5-6,10,17H,2-4,7-8H2,1H3,(H,18,19). The lowest BCUT2D eigenvalue weighted by molar-refractivity contribution is -0.143. The van der Waals surface area contributed by atoms with Gasteiger partial charge in [0.25, 0.3) is 0 Å². The van der Waals surface area contributed by atoms with Crippen LogP contribution in [0.1, 0.15) is 18.4 Å². The number of ether oxygens (including phenoxy) is 1. The number of piperidine rings is 1. The zero-order valence-corrected chi connectivity index (χ0v) is 12.9. The first kappa shape index (κ1) is 15.1. The number of rotatable bonds is 4. The minimum atomic E-state index is -0.723. The Morgan fingerprint density at radius 3 is 2.95 bits per heavy atom. The fraction of sp³-hybridized carbons (Fsp3) is 0.500. The third kappa shape index (κ3) is 3.43. The molecule has 1 aromatic rings. The van der Waals surface area contributed by atoms with E-state index in [0.29, 0.717) is 23.3 Å². The summed E-state index contributed by atoms with van der Waals surface area (Å²) in [7, 11) is 1.51. The summed E-state index contributed by atoms with van der Waals surface area (Å²) in [6, 6.07) is 3.62. The smallest absolute Gasteiger partial charge is 0.307 e. The fourth-order valence-electron chi connectivity index (χ4n) is 2.53. The normalized spacial score (nSPS) is 19.8. The number of phenolic OH excluding ortho intramolecular Hbond substituents is 1. The van der Waals surface area contributed by atoms with Crippen LogP contribution in [0.25, 0.3) is 0 Å². The number of aliphatic carboxylic acids is 1. The van der Waals surface area contributed by atoms with Crippen LogP contribution in [-0.4, -0.2) is 41.3 Å². The highest BCUT2D eigenvalue weighted by atomic mass is 79.9. The molecule has 2 N–H and O–H groups in total. The van der Waals surface area contributed by atoms with Gasteiger partial charge in [0.1, 0.15) is 0 Å². The van der Waals surface area contributed by atoms with Crippen molar-refractivity contribution in [2.24, 2.45) is 5.92 Å². The largest absolute Gasteiger partial charge is 0.503 e. The average Bonchev–Trinajstić information content (AvgIpc) is 2.43. The lowest BCUT2D eigenvalue weighted by Gasteiger charge is -2.30. The summed E-state index contributed by atoms with van der Waals surface area (Å²) in [6.45, 7) is 2.11. The molecule has 2 rings (SSSR count). The average molecular weight is 344 g/mol. The number of phenols is 1. The van der Waals surface area contributed by atoms with E-state index >= 15 is 0 Å². The number of carboxylic acids is 1. The molecule has 1 heterocycles. The molecule has 110 valence electrons. The number of likely N-dealkylation sites (tertiary alicyclic amines) is 1. The van der Waals surface area contributed by atoms with Crippen molar-refractivity contribution in [1.29, 1.82) is 0 Å². The van der Waals surface area contributed by atoms with E-state index in [2.05, 4.69) is 20.8 Å². The molecule has 0 bridgehead atoms. The molecule has 0 aromatic heterocycles. The van der Waals surface area contributed by atoms with Crippen LogP contribution in [0.3, 0.4) is 0 Å². The zero-order valence-electron chi connectivity index (χ0n) is 11.3. The first-order valence-electron chi connectivity index (χ1n) is 6.51. The van der Waals surface area contributed by atoms with Crippen LogP contribution in [0.15, 0.2) is 16.6 Å². The maximum absolute atomic E-state index is 11.1. The molecule has 1 saturated heterocycles. The van der Waals surface area contributed by atoms with Crippen LogP contribution >= 0.6 is 15.9 Å². The summed E-state index contributed by atoms with van der Waals surface area (Å²) in [4.78, 5) is 13.2. The minimum absolute atomic E-state index is 0.0818. The number of halogens is 1. The first-order chi connectivity index (χ1) is 9.51. The van der Waals surface area contributed by atoms with Gasteiger partial charge in [0.05, 0.1) is 17.5 Å². The van der Waals surface area contributed by atoms with Crippen LogP contribution in [0.2, 0.25) is 0 Å². The molecule has 1 aliphatic rings. The SMILES string of the molecule is COc1cc(CN2CCCC(C(=O)O)C2)cc(Br)c1O. The Balaban J connectivity index is 2.10. The second-order valence-electron chi connectivity index (χ2n) is 5.04. The summed E-state index contributed by atoms with van der Waals surface area (Å²) in [5.41, 5.74) is 0.984. The van der Waals surface area contributed by atoms with Crippen molar-refractivity contribution < 1.29 is 19.7 Å². The molecular formula is C14H18BrNO4. The molecule has 0 saturated carbocycles. The molecule has 1 aromatic carbocycles. The number of hydrogen-bond acceptors (Lipinski definition) is 4. The van der Waals surface area contributed by atoms with Crippen LogP contribution in [0, 0.1) is 5.92 Å². The first-order valence-corrected chi connectivity index (χ1v) is 7.31. The van der Waals surface area contributed by atoms with E-state index in [1.54, 1.807) is 6.07 Å². The molecule has 0 radical (unpaired) electrons. The third-order valence-corrected chi connectivity index (χ3v) is 4.17. The van der Waals surface area contributed by atoms with E-state index in [0.717, 1.165) is 24.9 Å². The Bertz CT molecular complexity index is 506. The number of methoxy groups -OCH3 is 1. The van der Waals surface area contributed by atoms with E-state index in [1.807, 2.05) is 6.07 Å². The summed E-state index contributed by atoms with van der Waals surface area (Å²) >= 11 is 3.29. The molecule has 5 nitrogen and oxygen atoms in total. The molecule has 0 amide bonds. The highest BCUT2D eigenvalue weighted by molar-refractivity contribution is 9.10. The molecule has 1 fully saturated rings. The maximum Gasteiger partial charge on any atom is 0.307 e. The lowest BCUT2D eigenvalue weighted by atomic mass is 9.98. The van der Waals surface area contributed by atoms with Crippen molar-refractivity contribution >= 4 is 21.9 Å². The predicted octanol–water partition coefficient (Wildman–Crippen LogP) is 2.46. The van der Waals surface area contributed by atoms with Crippen LogP contribution in [-0.2, 0) is 11.3 Å². The van der Waals surface area contributed by atoms with Gasteiger partial charge in [0.2, 0.25) is 0 Å². The monoisotopic (exact) mass is 343 g/mol. The van der Waals surface area contributed by atoms with E-state index in [-0.39, 0.29) is 11.7 Å². The quantitative estimate of drug-likeness (QED) is 0.878. The van der Waals surface area contributed by atoms with Crippen molar-refractivity contribution in [2.75, 3.05) is 20.2 Å². The van der Waals surface area contributed by atoms with Crippen LogP contribution < -0.4 is 4.74 Å². The van der Waals surface area contributed by atoms with Gasteiger partial charge >= 0.3 is 5.97 Å². The predicted molar refractivity (Wildman–Crippen MR) is 78.0 cm³/mol. The Morgan fingerprint density at radius 1 is 1.55 bits per heavy atom. The van der Waals surface area contributed by atoms with Gasteiger partial charge < -0.3 is 14.9 Å². The molecule has 1 unspecified atom stereocenters. The van der Waals surface area contributed by atoms with Gasteiger partial charge in [-0.2, -0.15) is 0 Å². The second-order valence-corrected chi connectivity index (χ2v) is 5.90. The molecule has 0 spiro atoms. The van der Waals surface area contributed by atoms with Crippen molar-refractivity contribution in [3.63, 3.8) is 0 Å². The maximum atomic E-state index is 11.1. The molecule has 1 aliphatic heterocycles. The number of nitrogens with zero attached hydrogens (tertiary/aromatic N) is 1. The molecule has 0 aliphatic carbocycles. The van der Waals surface area contributed by atoms with Gasteiger partial charge in [-0.25, -0.2) is 0 Å². The summed E-state index contributed by atoms with van der Waals surface area (Å²) in [6.07, 6.45) is 1.64. The summed E-state index contributed by atoms with van der Waals surface area (Å²) < 4.78 is 5.70. The van der Waals surface area contributed by atoms with E-state index in [9.17, 15) is 9.90 Å². The molecule has 20 heavy (non-hydrogen) atoms. The van der Waals surface area contributed by atoms with Crippen molar-refractivity contribution in [1.82, 2.24) is 4.90 Å². The van der Waals surface area contributed by atoms with Crippen LogP contribution in [0.4, 0.5) is 0 Å². The Morgan fingerprint density at radius 2 is 2.30 bits per heavy atom. The van der Waals surface area contributed by atoms with Gasteiger partial charge in [-0.15, -0.1) is 0 Å². The Hall–Kier alpha value is -1.27. The number of hydrogen-bond donors (Lipinski definition) is 2. The lowest BCUT2D eigenvalue weighted by Crippen LogP contribution is -2.38. The Labute approximate surface area is 126 Å². The van der Waals surface area contributed by atoms with Gasteiger partial charge in [0, 0.05) is 13.1 Å². The molecule has 6 heteroatoms.